The Balaban J connectivity index is 1.49. The number of esters is 1. The van der Waals surface area contributed by atoms with E-state index in [0.717, 1.165) is 16.9 Å². The zero-order chi connectivity index (χ0) is 18.5. The average Bonchev–Trinajstić information content (AvgIpc) is 2.66. The molecule has 0 bridgehead atoms. The first-order chi connectivity index (χ1) is 12.5. The van der Waals surface area contributed by atoms with Crippen molar-refractivity contribution in [3.8, 4) is 5.75 Å². The first-order valence-corrected chi connectivity index (χ1v) is 8.83. The molecule has 0 fully saturated rings. The highest BCUT2D eigenvalue weighted by molar-refractivity contribution is 6.30. The van der Waals surface area contributed by atoms with Crippen molar-refractivity contribution in [1.29, 1.82) is 0 Å². The van der Waals surface area contributed by atoms with E-state index in [4.69, 9.17) is 21.1 Å². The molecule has 0 radical (unpaired) electrons. The van der Waals surface area contributed by atoms with E-state index in [9.17, 15) is 9.59 Å². The van der Waals surface area contributed by atoms with Crippen LogP contribution in [0.1, 0.15) is 24.1 Å². The molecule has 5 nitrogen and oxygen atoms in total. The van der Waals surface area contributed by atoms with Crippen molar-refractivity contribution in [1.82, 2.24) is 5.32 Å². The highest BCUT2D eigenvalue weighted by atomic mass is 35.5. The van der Waals surface area contributed by atoms with Gasteiger partial charge in [-0.3, -0.25) is 9.59 Å². The number of nitrogens with one attached hydrogen (secondary N) is 1. The van der Waals surface area contributed by atoms with E-state index in [1.165, 1.54) is 0 Å². The summed E-state index contributed by atoms with van der Waals surface area (Å²) in [6.07, 6.45) is 0.483. The molecule has 3 rings (SSSR count). The second-order valence-electron chi connectivity index (χ2n) is 6.27. The summed E-state index contributed by atoms with van der Waals surface area (Å²) >= 11 is 5.98. The fraction of sp³-hybridized carbons (Fsp3) is 0.300. The van der Waals surface area contributed by atoms with Crippen molar-refractivity contribution >= 4 is 23.5 Å². The van der Waals surface area contributed by atoms with Crippen LogP contribution in [0.3, 0.4) is 0 Å². The quantitative estimate of drug-likeness (QED) is 0.816. The van der Waals surface area contributed by atoms with Gasteiger partial charge >= 0.3 is 5.97 Å². The SMILES string of the molecule is C[C@@H](NC(=O)COC(=O)[C@@H]1COc2ccc(Cl)cc2C1)c1ccccc1. The normalized spacial score (nSPS) is 16.8. The third-order valence-electron chi connectivity index (χ3n) is 4.28. The highest BCUT2D eigenvalue weighted by Gasteiger charge is 2.28. The number of rotatable bonds is 5. The van der Waals surface area contributed by atoms with Crippen LogP contribution in [0, 0.1) is 5.92 Å². The van der Waals surface area contributed by atoms with Crippen LogP contribution in [-0.4, -0.2) is 25.1 Å². The highest BCUT2D eigenvalue weighted by Crippen LogP contribution is 2.30. The van der Waals surface area contributed by atoms with Crippen LogP contribution in [0.5, 0.6) is 5.75 Å². The van der Waals surface area contributed by atoms with Crippen LogP contribution in [0.2, 0.25) is 5.02 Å². The maximum atomic E-state index is 12.2. The third-order valence-corrected chi connectivity index (χ3v) is 4.52. The Kier molecular flexibility index (Phi) is 5.78. The summed E-state index contributed by atoms with van der Waals surface area (Å²) in [5, 5.41) is 3.41. The first-order valence-electron chi connectivity index (χ1n) is 8.45. The molecule has 1 amide bonds. The summed E-state index contributed by atoms with van der Waals surface area (Å²) in [6.45, 7) is 1.80. The van der Waals surface area contributed by atoms with E-state index in [1.54, 1.807) is 18.2 Å². The predicted octanol–water partition coefficient (Wildman–Crippen LogP) is 3.31. The van der Waals surface area contributed by atoms with Gasteiger partial charge in [0.15, 0.2) is 6.61 Å². The molecule has 2 aromatic carbocycles. The lowest BCUT2D eigenvalue weighted by Crippen LogP contribution is -2.34. The largest absolute Gasteiger partial charge is 0.492 e. The van der Waals surface area contributed by atoms with Crippen molar-refractivity contribution in [2.45, 2.75) is 19.4 Å². The van der Waals surface area contributed by atoms with Crippen LogP contribution in [0.25, 0.3) is 0 Å². The summed E-state index contributed by atoms with van der Waals surface area (Å²) in [7, 11) is 0. The monoisotopic (exact) mass is 373 g/mol. The fourth-order valence-corrected chi connectivity index (χ4v) is 3.07. The molecular formula is C20H20ClNO4. The van der Waals surface area contributed by atoms with E-state index < -0.39 is 11.9 Å². The van der Waals surface area contributed by atoms with Gasteiger partial charge in [0.25, 0.3) is 5.91 Å². The van der Waals surface area contributed by atoms with E-state index in [0.29, 0.717) is 11.4 Å². The minimum Gasteiger partial charge on any atom is -0.492 e. The van der Waals surface area contributed by atoms with E-state index in [1.807, 2.05) is 37.3 Å². The second kappa shape index (κ2) is 8.23. The van der Waals surface area contributed by atoms with Gasteiger partial charge in [-0.25, -0.2) is 0 Å². The smallest absolute Gasteiger partial charge is 0.313 e. The average molecular weight is 374 g/mol. The van der Waals surface area contributed by atoms with Crippen molar-refractivity contribution in [2.24, 2.45) is 5.92 Å². The fourth-order valence-electron chi connectivity index (χ4n) is 2.88. The summed E-state index contributed by atoms with van der Waals surface area (Å²) in [5.74, 6) is -0.499. The van der Waals surface area contributed by atoms with Crippen molar-refractivity contribution in [3.05, 3.63) is 64.7 Å². The van der Waals surface area contributed by atoms with Crippen LogP contribution >= 0.6 is 11.6 Å². The van der Waals surface area contributed by atoms with E-state index in [2.05, 4.69) is 5.32 Å². The molecule has 1 aliphatic rings. The van der Waals surface area contributed by atoms with Crippen LogP contribution in [-0.2, 0) is 20.7 Å². The number of amides is 1. The lowest BCUT2D eigenvalue weighted by Gasteiger charge is -2.24. The Hall–Kier alpha value is -2.53. The number of halogens is 1. The van der Waals surface area contributed by atoms with Crippen LogP contribution < -0.4 is 10.1 Å². The van der Waals surface area contributed by atoms with Gasteiger partial charge in [0.1, 0.15) is 12.4 Å². The van der Waals surface area contributed by atoms with Gasteiger partial charge in [0.05, 0.1) is 12.0 Å². The zero-order valence-electron chi connectivity index (χ0n) is 14.4. The van der Waals surface area contributed by atoms with Crippen molar-refractivity contribution in [2.75, 3.05) is 13.2 Å². The summed E-state index contributed by atoms with van der Waals surface area (Å²) < 4.78 is 10.7. The Morgan fingerprint density at radius 1 is 1.27 bits per heavy atom. The maximum absolute atomic E-state index is 12.2. The molecule has 0 aliphatic carbocycles. The number of carbonyl (C=O) groups is 2. The minimum absolute atomic E-state index is 0.158. The number of hydrogen-bond donors (Lipinski definition) is 1. The molecule has 1 aliphatic heterocycles. The van der Waals surface area contributed by atoms with Crippen molar-refractivity contribution < 1.29 is 19.1 Å². The Bertz CT molecular complexity index is 794. The van der Waals surface area contributed by atoms with Gasteiger partial charge in [-0.05, 0) is 42.7 Å². The predicted molar refractivity (Wildman–Crippen MR) is 98.1 cm³/mol. The van der Waals surface area contributed by atoms with Gasteiger partial charge in [0.2, 0.25) is 0 Å². The van der Waals surface area contributed by atoms with Gasteiger partial charge in [-0.2, -0.15) is 0 Å². The van der Waals surface area contributed by atoms with Crippen LogP contribution in [0.15, 0.2) is 48.5 Å². The molecule has 1 N–H and O–H groups in total. The summed E-state index contributed by atoms with van der Waals surface area (Å²) in [5.41, 5.74) is 1.86. The summed E-state index contributed by atoms with van der Waals surface area (Å²) in [4.78, 5) is 24.3. The van der Waals surface area contributed by atoms with Gasteiger partial charge < -0.3 is 14.8 Å². The molecule has 1 heterocycles. The third kappa shape index (κ3) is 4.55. The molecule has 6 heteroatoms. The minimum atomic E-state index is -0.446. The molecular weight excluding hydrogens is 354 g/mol. The number of benzene rings is 2. The molecule has 0 spiro atoms. The van der Waals surface area contributed by atoms with Gasteiger partial charge in [0, 0.05) is 5.02 Å². The number of carbonyl (C=O) groups excluding carboxylic acids is 2. The first kappa shape index (κ1) is 18.3. The molecule has 2 aromatic rings. The lowest BCUT2D eigenvalue weighted by atomic mass is 9.97. The van der Waals surface area contributed by atoms with Crippen LogP contribution in [0.4, 0.5) is 0 Å². The number of hydrogen-bond acceptors (Lipinski definition) is 4. The number of fused-ring (bicyclic) bond motifs is 1. The molecule has 0 saturated carbocycles. The standard InChI is InChI=1S/C20H20ClNO4/c1-13(14-5-3-2-4-6-14)22-19(23)12-26-20(24)16-9-15-10-17(21)7-8-18(15)25-11-16/h2-8,10,13,16H,9,11-12H2,1H3,(H,22,23)/t13-,16+/m1/s1. The number of ether oxygens (including phenoxy) is 2. The topological polar surface area (TPSA) is 64.6 Å². The molecule has 0 unspecified atom stereocenters. The van der Waals surface area contributed by atoms with Gasteiger partial charge in [-0.15, -0.1) is 0 Å². The second-order valence-corrected chi connectivity index (χ2v) is 6.71. The van der Waals surface area contributed by atoms with Gasteiger partial charge in [-0.1, -0.05) is 41.9 Å². The molecule has 136 valence electrons. The Labute approximate surface area is 157 Å². The molecule has 0 aromatic heterocycles. The zero-order valence-corrected chi connectivity index (χ0v) is 15.2. The Morgan fingerprint density at radius 3 is 2.81 bits per heavy atom. The van der Waals surface area contributed by atoms with E-state index >= 15 is 0 Å². The Morgan fingerprint density at radius 2 is 2.04 bits per heavy atom. The maximum Gasteiger partial charge on any atom is 0.313 e. The lowest BCUT2D eigenvalue weighted by molar-refractivity contribution is -0.154. The summed E-state index contributed by atoms with van der Waals surface area (Å²) in [6, 6.07) is 14.7. The molecule has 2 atom stereocenters. The molecule has 26 heavy (non-hydrogen) atoms. The van der Waals surface area contributed by atoms with E-state index in [-0.39, 0.29) is 25.2 Å². The van der Waals surface area contributed by atoms with Crippen molar-refractivity contribution in [3.63, 3.8) is 0 Å². The molecule has 0 saturated heterocycles.